The van der Waals surface area contributed by atoms with Crippen molar-refractivity contribution in [3.05, 3.63) is 0 Å². The van der Waals surface area contributed by atoms with Crippen LogP contribution in [0.15, 0.2) is 0 Å². The Bertz CT molecular complexity index is 494. The van der Waals surface area contributed by atoms with E-state index < -0.39 is 9.84 Å². The lowest BCUT2D eigenvalue weighted by molar-refractivity contribution is 0.0992. The number of fused-ring (bicyclic) bond motifs is 2. The molecule has 5 atom stereocenters. The lowest BCUT2D eigenvalue weighted by Crippen LogP contribution is -2.56. The Morgan fingerprint density at radius 1 is 1.10 bits per heavy atom. The normalized spacial score (nSPS) is 47.0. The Labute approximate surface area is 123 Å². The second kappa shape index (κ2) is 4.45. The van der Waals surface area contributed by atoms with Crippen LogP contribution in [0.1, 0.15) is 59.3 Å². The summed E-state index contributed by atoms with van der Waals surface area (Å²) in [5, 5.41) is 3.65. The molecule has 4 heteroatoms. The maximum absolute atomic E-state index is 12.0. The van der Waals surface area contributed by atoms with E-state index in [0.29, 0.717) is 16.9 Å². The molecule has 3 saturated carbocycles. The molecular weight excluding hydrogens is 270 g/mol. The highest BCUT2D eigenvalue weighted by Crippen LogP contribution is 2.62. The standard InChI is InChI=1S/C16H29NO2S/c1-15(2)11-8-9-16(3,10-11)14(15)17-12-6-5-7-13(12)20(4,18)19/h11-14,17H,5-10H2,1-4H3. The van der Waals surface area contributed by atoms with Gasteiger partial charge in [0, 0.05) is 18.3 Å². The van der Waals surface area contributed by atoms with Crippen molar-refractivity contribution >= 4 is 9.84 Å². The number of sulfone groups is 1. The minimum absolute atomic E-state index is 0.166. The number of rotatable bonds is 3. The minimum atomic E-state index is -2.93. The van der Waals surface area contributed by atoms with E-state index in [4.69, 9.17) is 0 Å². The lowest BCUT2D eigenvalue weighted by atomic mass is 9.68. The van der Waals surface area contributed by atoms with Crippen molar-refractivity contribution in [3.63, 3.8) is 0 Å². The van der Waals surface area contributed by atoms with Crippen molar-refractivity contribution in [2.24, 2.45) is 16.7 Å². The van der Waals surface area contributed by atoms with Gasteiger partial charge in [0.05, 0.1) is 5.25 Å². The molecule has 2 bridgehead atoms. The van der Waals surface area contributed by atoms with Crippen LogP contribution in [-0.4, -0.2) is 32.0 Å². The van der Waals surface area contributed by atoms with E-state index in [-0.39, 0.29) is 11.3 Å². The van der Waals surface area contributed by atoms with Gasteiger partial charge in [-0.3, -0.25) is 0 Å². The van der Waals surface area contributed by atoms with Gasteiger partial charge in [-0.05, 0) is 48.9 Å². The van der Waals surface area contributed by atoms with Crippen LogP contribution in [0.3, 0.4) is 0 Å². The molecule has 5 unspecified atom stereocenters. The van der Waals surface area contributed by atoms with E-state index in [1.54, 1.807) is 0 Å². The largest absolute Gasteiger partial charge is 0.309 e. The first kappa shape index (κ1) is 14.8. The van der Waals surface area contributed by atoms with Crippen molar-refractivity contribution in [3.8, 4) is 0 Å². The maximum atomic E-state index is 12.0. The number of hydrogen-bond donors (Lipinski definition) is 1. The van der Waals surface area contributed by atoms with Gasteiger partial charge in [-0.2, -0.15) is 0 Å². The molecular formula is C16H29NO2S. The Morgan fingerprint density at radius 2 is 1.80 bits per heavy atom. The zero-order valence-corrected chi connectivity index (χ0v) is 14.1. The molecule has 3 fully saturated rings. The van der Waals surface area contributed by atoms with Crippen LogP contribution >= 0.6 is 0 Å². The predicted octanol–water partition coefficient (Wildman–Crippen LogP) is 2.76. The molecule has 0 aliphatic heterocycles. The number of nitrogens with one attached hydrogen (secondary N) is 1. The summed E-state index contributed by atoms with van der Waals surface area (Å²) in [6, 6.07) is 0.645. The Morgan fingerprint density at radius 3 is 2.35 bits per heavy atom. The predicted molar refractivity (Wildman–Crippen MR) is 82.4 cm³/mol. The summed E-state index contributed by atoms with van der Waals surface area (Å²) < 4.78 is 24.0. The molecule has 0 aromatic carbocycles. The fraction of sp³-hybridized carbons (Fsp3) is 1.00. The summed E-state index contributed by atoms with van der Waals surface area (Å²) in [6.45, 7) is 7.16. The first-order chi connectivity index (χ1) is 9.14. The topological polar surface area (TPSA) is 46.2 Å². The third-order valence-corrected chi connectivity index (χ3v) is 8.32. The summed E-state index contributed by atoms with van der Waals surface area (Å²) >= 11 is 0. The molecule has 0 spiro atoms. The first-order valence-corrected chi connectivity index (χ1v) is 10.0. The molecule has 3 aliphatic rings. The molecule has 3 aliphatic carbocycles. The van der Waals surface area contributed by atoms with Crippen LogP contribution in [0.25, 0.3) is 0 Å². The van der Waals surface area contributed by atoms with Crippen LogP contribution in [0.2, 0.25) is 0 Å². The van der Waals surface area contributed by atoms with Gasteiger partial charge in [0.25, 0.3) is 0 Å². The van der Waals surface area contributed by atoms with Crippen molar-refractivity contribution in [2.45, 2.75) is 76.6 Å². The molecule has 0 aromatic rings. The third kappa shape index (κ3) is 2.14. The lowest BCUT2D eigenvalue weighted by Gasteiger charge is -2.45. The molecule has 0 heterocycles. The monoisotopic (exact) mass is 299 g/mol. The summed E-state index contributed by atoms with van der Waals surface area (Å²) in [5.74, 6) is 0.808. The van der Waals surface area contributed by atoms with Crippen LogP contribution in [0.5, 0.6) is 0 Å². The highest BCUT2D eigenvalue weighted by Gasteiger charge is 2.59. The third-order valence-electron chi connectivity index (χ3n) is 6.65. The van der Waals surface area contributed by atoms with Gasteiger partial charge in [0.1, 0.15) is 0 Å². The zero-order valence-electron chi connectivity index (χ0n) is 13.3. The van der Waals surface area contributed by atoms with Crippen molar-refractivity contribution in [1.82, 2.24) is 5.32 Å². The molecule has 0 amide bonds. The highest BCUT2D eigenvalue weighted by molar-refractivity contribution is 7.91. The van der Waals surface area contributed by atoms with Crippen LogP contribution in [-0.2, 0) is 9.84 Å². The first-order valence-electron chi connectivity index (χ1n) is 8.09. The van der Waals surface area contributed by atoms with Gasteiger partial charge in [-0.25, -0.2) is 8.42 Å². The van der Waals surface area contributed by atoms with Crippen molar-refractivity contribution < 1.29 is 8.42 Å². The van der Waals surface area contributed by atoms with Crippen LogP contribution in [0.4, 0.5) is 0 Å². The SMILES string of the molecule is CC12CCC(C1)C(C)(C)C2NC1CCCC1S(C)(=O)=O. The molecule has 1 N–H and O–H groups in total. The zero-order chi connectivity index (χ0) is 14.8. The average molecular weight is 299 g/mol. The summed E-state index contributed by atoms with van der Waals surface area (Å²) in [4.78, 5) is 0. The molecule has 0 aromatic heterocycles. The van der Waals surface area contributed by atoms with E-state index >= 15 is 0 Å². The fourth-order valence-electron chi connectivity index (χ4n) is 5.56. The second-order valence-electron chi connectivity index (χ2n) is 8.42. The Kier molecular flexibility index (Phi) is 3.30. The van der Waals surface area contributed by atoms with E-state index in [2.05, 4.69) is 26.1 Å². The van der Waals surface area contributed by atoms with Crippen LogP contribution < -0.4 is 5.32 Å². The van der Waals surface area contributed by atoms with E-state index in [9.17, 15) is 8.42 Å². The van der Waals surface area contributed by atoms with Gasteiger partial charge >= 0.3 is 0 Å². The van der Waals surface area contributed by atoms with E-state index in [0.717, 1.165) is 25.2 Å². The quantitative estimate of drug-likeness (QED) is 0.871. The molecule has 0 saturated heterocycles. The molecule has 3 rings (SSSR count). The van der Waals surface area contributed by atoms with Crippen molar-refractivity contribution in [2.75, 3.05) is 6.26 Å². The highest BCUT2D eigenvalue weighted by atomic mass is 32.2. The van der Waals surface area contributed by atoms with Gasteiger partial charge in [0.2, 0.25) is 0 Å². The summed E-state index contributed by atoms with van der Waals surface area (Å²) in [5.41, 5.74) is 0.677. The Balaban J connectivity index is 1.81. The molecule has 116 valence electrons. The summed E-state index contributed by atoms with van der Waals surface area (Å²) in [6.07, 6.45) is 8.27. The number of hydrogen-bond acceptors (Lipinski definition) is 3. The second-order valence-corrected chi connectivity index (χ2v) is 10.7. The van der Waals surface area contributed by atoms with Gasteiger partial charge in [0.15, 0.2) is 9.84 Å². The Hall–Kier alpha value is -0.0900. The van der Waals surface area contributed by atoms with Gasteiger partial charge in [-0.1, -0.05) is 27.2 Å². The van der Waals surface area contributed by atoms with Gasteiger partial charge in [-0.15, -0.1) is 0 Å². The maximum Gasteiger partial charge on any atom is 0.151 e. The van der Waals surface area contributed by atoms with E-state index in [1.165, 1.54) is 25.5 Å². The summed E-state index contributed by atoms with van der Waals surface area (Å²) in [7, 11) is -2.93. The average Bonchev–Trinajstić information content (AvgIpc) is 2.94. The molecule has 20 heavy (non-hydrogen) atoms. The van der Waals surface area contributed by atoms with E-state index in [1.807, 2.05) is 0 Å². The molecule has 0 radical (unpaired) electrons. The smallest absolute Gasteiger partial charge is 0.151 e. The van der Waals surface area contributed by atoms with Gasteiger partial charge < -0.3 is 5.32 Å². The van der Waals surface area contributed by atoms with Crippen LogP contribution in [0, 0.1) is 16.7 Å². The molecule has 3 nitrogen and oxygen atoms in total. The fourth-order valence-corrected chi connectivity index (χ4v) is 6.97. The van der Waals surface area contributed by atoms with Crippen molar-refractivity contribution in [1.29, 1.82) is 0 Å². The minimum Gasteiger partial charge on any atom is -0.309 e.